The van der Waals surface area contributed by atoms with Gasteiger partial charge in [-0.15, -0.1) is 0 Å². The molecule has 108 valence electrons. The summed E-state index contributed by atoms with van der Waals surface area (Å²) in [6.45, 7) is 4.36. The molecule has 0 saturated carbocycles. The van der Waals surface area contributed by atoms with Crippen molar-refractivity contribution in [3.05, 3.63) is 24.5 Å². The molecule has 0 fully saturated rings. The largest absolute Gasteiger partial charge is 0.368 e. The highest BCUT2D eigenvalue weighted by molar-refractivity contribution is 5.45. The van der Waals surface area contributed by atoms with Gasteiger partial charge in [-0.1, -0.05) is 26.2 Å². The van der Waals surface area contributed by atoms with Gasteiger partial charge in [-0.3, -0.25) is 0 Å². The maximum atomic E-state index is 5.76. The topological polar surface area (TPSA) is 81.7 Å². The fourth-order valence-electron chi connectivity index (χ4n) is 2.07. The highest BCUT2D eigenvalue weighted by atomic mass is 15.3. The molecule has 0 spiro atoms. The zero-order valence-corrected chi connectivity index (χ0v) is 12.1. The van der Waals surface area contributed by atoms with E-state index < -0.39 is 0 Å². The molecule has 3 N–H and O–H groups in total. The van der Waals surface area contributed by atoms with E-state index in [-0.39, 0.29) is 5.95 Å². The van der Waals surface area contributed by atoms with Crippen LogP contribution in [0.15, 0.2) is 24.5 Å². The van der Waals surface area contributed by atoms with Crippen molar-refractivity contribution in [2.24, 2.45) is 0 Å². The summed E-state index contributed by atoms with van der Waals surface area (Å²) in [4.78, 5) is 8.41. The number of hydrogen-bond donors (Lipinski definition) is 2. The molecule has 0 aromatic carbocycles. The van der Waals surface area contributed by atoms with E-state index in [0.29, 0.717) is 11.9 Å². The highest BCUT2D eigenvalue weighted by Crippen LogP contribution is 2.14. The van der Waals surface area contributed by atoms with Gasteiger partial charge in [-0.25, -0.2) is 4.68 Å². The van der Waals surface area contributed by atoms with Crippen molar-refractivity contribution in [3.8, 4) is 5.82 Å². The molecule has 0 radical (unpaired) electrons. The summed E-state index contributed by atoms with van der Waals surface area (Å²) in [5, 5.41) is 7.52. The van der Waals surface area contributed by atoms with Crippen molar-refractivity contribution in [1.29, 1.82) is 0 Å². The molecule has 6 heteroatoms. The lowest BCUT2D eigenvalue weighted by atomic mass is 10.1. The second-order valence-corrected chi connectivity index (χ2v) is 4.96. The molecular weight excluding hydrogens is 252 g/mol. The van der Waals surface area contributed by atoms with E-state index >= 15 is 0 Å². The molecule has 6 nitrogen and oxygen atoms in total. The fourth-order valence-corrected chi connectivity index (χ4v) is 2.07. The average molecular weight is 274 g/mol. The van der Waals surface area contributed by atoms with Crippen molar-refractivity contribution >= 4 is 11.8 Å². The smallest absolute Gasteiger partial charge is 0.224 e. The molecule has 2 rings (SSSR count). The van der Waals surface area contributed by atoms with Crippen LogP contribution in [0.25, 0.3) is 5.82 Å². The molecule has 0 saturated heterocycles. The Bertz CT molecular complexity index is 522. The van der Waals surface area contributed by atoms with Crippen molar-refractivity contribution in [3.63, 3.8) is 0 Å². The van der Waals surface area contributed by atoms with Crippen molar-refractivity contribution < 1.29 is 0 Å². The Labute approximate surface area is 119 Å². The second kappa shape index (κ2) is 6.88. The monoisotopic (exact) mass is 274 g/mol. The molecule has 1 unspecified atom stereocenters. The van der Waals surface area contributed by atoms with Crippen LogP contribution in [0.2, 0.25) is 0 Å². The van der Waals surface area contributed by atoms with Gasteiger partial charge >= 0.3 is 0 Å². The average Bonchev–Trinajstić information content (AvgIpc) is 2.92. The van der Waals surface area contributed by atoms with Crippen LogP contribution in [-0.2, 0) is 0 Å². The van der Waals surface area contributed by atoms with Gasteiger partial charge in [-0.05, 0) is 19.4 Å². The molecule has 2 heterocycles. The second-order valence-electron chi connectivity index (χ2n) is 4.96. The summed E-state index contributed by atoms with van der Waals surface area (Å²) in [5.74, 6) is 1.67. The molecule has 0 amide bonds. The Balaban J connectivity index is 2.05. The van der Waals surface area contributed by atoms with E-state index in [9.17, 15) is 0 Å². The zero-order valence-electron chi connectivity index (χ0n) is 12.1. The lowest BCUT2D eigenvalue weighted by Crippen LogP contribution is -2.17. The van der Waals surface area contributed by atoms with Crippen LogP contribution in [0.3, 0.4) is 0 Å². The number of aromatic nitrogens is 4. The number of nitrogens with zero attached hydrogens (tertiary/aromatic N) is 4. The third-order valence-electron chi connectivity index (χ3n) is 3.10. The van der Waals surface area contributed by atoms with Gasteiger partial charge in [0.15, 0.2) is 5.82 Å². The highest BCUT2D eigenvalue weighted by Gasteiger charge is 2.07. The number of nitrogens with one attached hydrogen (secondary N) is 1. The quantitative estimate of drug-likeness (QED) is 0.758. The summed E-state index contributed by atoms with van der Waals surface area (Å²) in [6, 6.07) is 4.07. The summed E-state index contributed by atoms with van der Waals surface area (Å²) in [5.41, 5.74) is 5.76. The predicted molar refractivity (Wildman–Crippen MR) is 80.8 cm³/mol. The van der Waals surface area contributed by atoms with E-state index in [1.165, 1.54) is 19.3 Å². The third-order valence-corrected chi connectivity index (χ3v) is 3.10. The number of hydrogen-bond acceptors (Lipinski definition) is 5. The Morgan fingerprint density at radius 1 is 1.35 bits per heavy atom. The predicted octanol–water partition coefficient (Wildman–Crippen LogP) is 2.63. The number of rotatable bonds is 7. The maximum Gasteiger partial charge on any atom is 0.224 e. The van der Waals surface area contributed by atoms with Crippen molar-refractivity contribution in [1.82, 2.24) is 19.7 Å². The number of unbranched alkanes of at least 4 members (excludes halogenated alkanes) is 2. The van der Waals surface area contributed by atoms with Gasteiger partial charge in [-0.2, -0.15) is 15.1 Å². The fraction of sp³-hybridized carbons (Fsp3) is 0.500. The van der Waals surface area contributed by atoms with Gasteiger partial charge in [0, 0.05) is 24.5 Å². The minimum absolute atomic E-state index is 0.251. The van der Waals surface area contributed by atoms with Crippen LogP contribution in [0, 0.1) is 0 Å². The van der Waals surface area contributed by atoms with Crippen LogP contribution in [-0.4, -0.2) is 25.8 Å². The molecule has 1 atom stereocenters. The Morgan fingerprint density at radius 3 is 2.90 bits per heavy atom. The van der Waals surface area contributed by atoms with Crippen LogP contribution in [0.1, 0.15) is 39.5 Å². The molecule has 20 heavy (non-hydrogen) atoms. The first-order valence-electron chi connectivity index (χ1n) is 7.10. The lowest BCUT2D eigenvalue weighted by molar-refractivity contribution is 0.613. The van der Waals surface area contributed by atoms with E-state index in [0.717, 1.165) is 12.2 Å². The normalized spacial score (nSPS) is 12.3. The summed E-state index contributed by atoms with van der Waals surface area (Å²) in [7, 11) is 0. The maximum absolute atomic E-state index is 5.76. The van der Waals surface area contributed by atoms with E-state index in [4.69, 9.17) is 5.73 Å². The minimum atomic E-state index is 0.251. The zero-order chi connectivity index (χ0) is 14.4. The van der Waals surface area contributed by atoms with Crippen LogP contribution < -0.4 is 11.1 Å². The molecular formula is C14H22N6. The van der Waals surface area contributed by atoms with Gasteiger partial charge in [0.1, 0.15) is 5.82 Å². The van der Waals surface area contributed by atoms with E-state index in [2.05, 4.69) is 34.2 Å². The summed E-state index contributed by atoms with van der Waals surface area (Å²) < 4.78 is 1.67. The Morgan fingerprint density at radius 2 is 2.20 bits per heavy atom. The molecule has 2 aromatic heterocycles. The summed E-state index contributed by atoms with van der Waals surface area (Å²) in [6.07, 6.45) is 8.37. The summed E-state index contributed by atoms with van der Waals surface area (Å²) >= 11 is 0. The van der Waals surface area contributed by atoms with Gasteiger partial charge in [0.25, 0.3) is 0 Å². The molecule has 0 bridgehead atoms. The molecule has 0 aliphatic heterocycles. The van der Waals surface area contributed by atoms with Gasteiger partial charge < -0.3 is 11.1 Å². The standard InChI is InChI=1S/C14H22N6/c1-3-4-5-7-11(2)17-12-10-13(19-14(15)18-12)20-9-6-8-16-20/h6,8-11H,3-5,7H2,1-2H3,(H3,15,17,18,19). The first-order chi connectivity index (χ1) is 9.69. The Kier molecular flexibility index (Phi) is 4.92. The number of nitrogens with two attached hydrogens (primary N) is 1. The van der Waals surface area contributed by atoms with Crippen LogP contribution >= 0.6 is 0 Å². The van der Waals surface area contributed by atoms with Crippen LogP contribution in [0.5, 0.6) is 0 Å². The van der Waals surface area contributed by atoms with Crippen molar-refractivity contribution in [2.75, 3.05) is 11.1 Å². The van der Waals surface area contributed by atoms with Gasteiger partial charge in [0.05, 0.1) is 0 Å². The van der Waals surface area contributed by atoms with Crippen LogP contribution in [0.4, 0.5) is 11.8 Å². The van der Waals surface area contributed by atoms with Crippen molar-refractivity contribution in [2.45, 2.75) is 45.6 Å². The lowest BCUT2D eigenvalue weighted by Gasteiger charge is -2.15. The van der Waals surface area contributed by atoms with E-state index in [1.807, 2.05) is 18.3 Å². The molecule has 0 aliphatic rings. The third kappa shape index (κ3) is 3.94. The minimum Gasteiger partial charge on any atom is -0.368 e. The first kappa shape index (κ1) is 14.3. The first-order valence-corrected chi connectivity index (χ1v) is 7.10. The molecule has 2 aromatic rings. The number of anilines is 2. The molecule has 0 aliphatic carbocycles. The van der Waals surface area contributed by atoms with Gasteiger partial charge in [0.2, 0.25) is 5.95 Å². The Hall–Kier alpha value is -2.11. The van der Waals surface area contributed by atoms with E-state index in [1.54, 1.807) is 10.9 Å². The SMILES string of the molecule is CCCCCC(C)Nc1cc(-n2cccn2)nc(N)n1. The number of nitrogen functional groups attached to an aromatic ring is 1.